The Kier molecular flexibility index (Phi) is 5.56. The van der Waals surface area contributed by atoms with Crippen molar-refractivity contribution < 1.29 is 9.13 Å². The maximum atomic E-state index is 13.9. The van der Waals surface area contributed by atoms with Gasteiger partial charge in [0.05, 0.1) is 12.6 Å². The van der Waals surface area contributed by atoms with E-state index in [2.05, 4.69) is 5.43 Å². The molecule has 0 aliphatic heterocycles. The molecule has 3 nitrogen and oxygen atoms in total. The van der Waals surface area contributed by atoms with E-state index in [0.717, 1.165) is 11.3 Å². The Morgan fingerprint density at radius 3 is 2.71 bits per heavy atom. The van der Waals surface area contributed by atoms with Crippen LogP contribution >= 0.6 is 11.6 Å². The SMILES string of the molecule is CCOc1ccccc1C(Cc1ccc(Cl)cc1F)NN. The van der Waals surface area contributed by atoms with E-state index in [1.807, 2.05) is 31.2 Å². The molecule has 0 heterocycles. The molecule has 5 heteroatoms. The lowest BCUT2D eigenvalue weighted by Gasteiger charge is -2.20. The number of halogens is 2. The highest BCUT2D eigenvalue weighted by Crippen LogP contribution is 2.28. The lowest BCUT2D eigenvalue weighted by molar-refractivity contribution is 0.331. The van der Waals surface area contributed by atoms with Crippen LogP contribution in [0, 0.1) is 5.82 Å². The molecule has 2 aromatic carbocycles. The smallest absolute Gasteiger partial charge is 0.127 e. The lowest BCUT2D eigenvalue weighted by atomic mass is 9.98. The fourth-order valence-corrected chi connectivity index (χ4v) is 2.38. The second-order valence-corrected chi connectivity index (χ2v) is 5.07. The zero-order valence-corrected chi connectivity index (χ0v) is 12.5. The topological polar surface area (TPSA) is 47.3 Å². The van der Waals surface area contributed by atoms with Gasteiger partial charge in [0.25, 0.3) is 0 Å². The summed E-state index contributed by atoms with van der Waals surface area (Å²) in [5, 5.41) is 0.378. The number of nitrogens with one attached hydrogen (secondary N) is 1. The molecule has 21 heavy (non-hydrogen) atoms. The summed E-state index contributed by atoms with van der Waals surface area (Å²) in [5.74, 6) is 6.05. The second kappa shape index (κ2) is 7.41. The van der Waals surface area contributed by atoms with Gasteiger partial charge in [0.2, 0.25) is 0 Å². The first-order valence-electron chi connectivity index (χ1n) is 6.77. The molecule has 0 aromatic heterocycles. The van der Waals surface area contributed by atoms with Gasteiger partial charge < -0.3 is 4.74 Å². The monoisotopic (exact) mass is 308 g/mol. The maximum Gasteiger partial charge on any atom is 0.127 e. The van der Waals surface area contributed by atoms with Crippen molar-refractivity contribution in [2.75, 3.05) is 6.61 Å². The number of hydrogen-bond donors (Lipinski definition) is 2. The first-order chi connectivity index (χ1) is 10.2. The zero-order valence-electron chi connectivity index (χ0n) is 11.8. The molecule has 0 spiro atoms. The molecule has 2 aromatic rings. The molecule has 0 amide bonds. The predicted octanol–water partition coefficient (Wildman–Crippen LogP) is 3.62. The molecule has 0 saturated carbocycles. The van der Waals surface area contributed by atoms with E-state index in [1.165, 1.54) is 6.07 Å². The summed E-state index contributed by atoms with van der Waals surface area (Å²) >= 11 is 5.77. The summed E-state index contributed by atoms with van der Waals surface area (Å²) in [7, 11) is 0. The van der Waals surface area contributed by atoms with Crippen LogP contribution in [0.15, 0.2) is 42.5 Å². The maximum absolute atomic E-state index is 13.9. The summed E-state index contributed by atoms with van der Waals surface area (Å²) in [6.45, 7) is 2.48. The quantitative estimate of drug-likeness (QED) is 0.633. The Morgan fingerprint density at radius 2 is 2.05 bits per heavy atom. The van der Waals surface area contributed by atoms with Crippen LogP contribution in [0.3, 0.4) is 0 Å². The van der Waals surface area contributed by atoms with E-state index >= 15 is 0 Å². The molecule has 1 atom stereocenters. The molecule has 0 saturated heterocycles. The van der Waals surface area contributed by atoms with Crippen LogP contribution in [-0.4, -0.2) is 6.61 Å². The molecule has 0 radical (unpaired) electrons. The summed E-state index contributed by atoms with van der Waals surface area (Å²) in [5.41, 5.74) is 4.18. The van der Waals surface area contributed by atoms with E-state index in [0.29, 0.717) is 23.6 Å². The molecule has 0 fully saturated rings. The Morgan fingerprint density at radius 1 is 1.29 bits per heavy atom. The van der Waals surface area contributed by atoms with Crippen molar-refractivity contribution in [2.45, 2.75) is 19.4 Å². The fourth-order valence-electron chi connectivity index (χ4n) is 2.22. The van der Waals surface area contributed by atoms with E-state index in [-0.39, 0.29) is 11.9 Å². The molecule has 112 valence electrons. The van der Waals surface area contributed by atoms with Crippen molar-refractivity contribution in [3.05, 3.63) is 64.4 Å². The largest absolute Gasteiger partial charge is 0.494 e. The predicted molar refractivity (Wildman–Crippen MR) is 82.8 cm³/mol. The lowest BCUT2D eigenvalue weighted by Crippen LogP contribution is -2.30. The molecular weight excluding hydrogens is 291 g/mol. The first-order valence-corrected chi connectivity index (χ1v) is 7.15. The third-order valence-electron chi connectivity index (χ3n) is 3.23. The highest BCUT2D eigenvalue weighted by molar-refractivity contribution is 6.30. The third kappa shape index (κ3) is 3.94. The first kappa shape index (κ1) is 15.8. The average molecular weight is 309 g/mol. The number of hydrogen-bond acceptors (Lipinski definition) is 3. The van der Waals surface area contributed by atoms with Crippen molar-refractivity contribution >= 4 is 11.6 Å². The van der Waals surface area contributed by atoms with Gasteiger partial charge in [0.15, 0.2) is 0 Å². The van der Waals surface area contributed by atoms with Crippen molar-refractivity contribution in [3.8, 4) is 5.75 Å². The van der Waals surface area contributed by atoms with Crippen LogP contribution in [0.1, 0.15) is 24.1 Å². The number of benzene rings is 2. The van der Waals surface area contributed by atoms with Crippen LogP contribution in [-0.2, 0) is 6.42 Å². The van der Waals surface area contributed by atoms with E-state index < -0.39 is 0 Å². The van der Waals surface area contributed by atoms with E-state index in [9.17, 15) is 4.39 Å². The number of ether oxygens (including phenoxy) is 1. The van der Waals surface area contributed by atoms with Gasteiger partial charge in [-0.05, 0) is 37.1 Å². The highest BCUT2D eigenvalue weighted by atomic mass is 35.5. The molecule has 1 unspecified atom stereocenters. The van der Waals surface area contributed by atoms with Gasteiger partial charge >= 0.3 is 0 Å². The molecule has 2 rings (SSSR count). The van der Waals surface area contributed by atoms with Crippen molar-refractivity contribution in [3.63, 3.8) is 0 Å². The zero-order chi connectivity index (χ0) is 15.2. The molecular formula is C16H18ClFN2O. The fraction of sp³-hybridized carbons (Fsp3) is 0.250. The van der Waals surface area contributed by atoms with Crippen LogP contribution in [0.5, 0.6) is 5.75 Å². The molecule has 3 N–H and O–H groups in total. The standard InChI is InChI=1S/C16H18ClFN2O/c1-2-21-16-6-4-3-5-13(16)15(20-19)9-11-7-8-12(17)10-14(11)18/h3-8,10,15,20H,2,9,19H2,1H3. The van der Waals surface area contributed by atoms with Gasteiger partial charge in [-0.3, -0.25) is 11.3 Å². The van der Waals surface area contributed by atoms with Gasteiger partial charge in [0, 0.05) is 10.6 Å². The normalized spacial score (nSPS) is 12.2. The molecule has 0 bridgehead atoms. The summed E-state index contributed by atoms with van der Waals surface area (Å²) in [6, 6.07) is 12.0. The minimum absolute atomic E-state index is 0.247. The molecule has 0 aliphatic carbocycles. The Hall–Kier alpha value is -1.62. The van der Waals surface area contributed by atoms with Crippen LogP contribution in [0.4, 0.5) is 4.39 Å². The average Bonchev–Trinajstić information content (AvgIpc) is 2.48. The number of para-hydroxylation sites is 1. The van der Waals surface area contributed by atoms with E-state index in [4.69, 9.17) is 22.2 Å². The summed E-state index contributed by atoms with van der Waals surface area (Å²) in [6.07, 6.45) is 0.406. The Labute approximate surface area is 128 Å². The van der Waals surface area contributed by atoms with Crippen LogP contribution < -0.4 is 16.0 Å². The number of hydrazine groups is 1. The number of nitrogens with two attached hydrogens (primary N) is 1. The minimum Gasteiger partial charge on any atom is -0.494 e. The molecule has 0 aliphatic rings. The summed E-state index contributed by atoms with van der Waals surface area (Å²) in [4.78, 5) is 0. The van der Waals surface area contributed by atoms with Gasteiger partial charge in [-0.2, -0.15) is 0 Å². The summed E-state index contributed by atoms with van der Waals surface area (Å²) < 4.78 is 19.5. The van der Waals surface area contributed by atoms with Crippen LogP contribution in [0.2, 0.25) is 5.02 Å². The minimum atomic E-state index is -0.336. The van der Waals surface area contributed by atoms with Gasteiger partial charge in [-0.1, -0.05) is 35.9 Å². The highest BCUT2D eigenvalue weighted by Gasteiger charge is 2.17. The van der Waals surface area contributed by atoms with E-state index in [1.54, 1.807) is 12.1 Å². The number of rotatable bonds is 6. The Balaban J connectivity index is 2.27. The Bertz CT molecular complexity index is 607. The van der Waals surface area contributed by atoms with Crippen LogP contribution in [0.25, 0.3) is 0 Å². The van der Waals surface area contributed by atoms with Gasteiger partial charge in [0.1, 0.15) is 11.6 Å². The van der Waals surface area contributed by atoms with Crippen molar-refractivity contribution in [1.29, 1.82) is 0 Å². The van der Waals surface area contributed by atoms with Crippen molar-refractivity contribution in [1.82, 2.24) is 5.43 Å². The third-order valence-corrected chi connectivity index (χ3v) is 3.47. The van der Waals surface area contributed by atoms with Gasteiger partial charge in [-0.25, -0.2) is 4.39 Å². The van der Waals surface area contributed by atoms with Crippen molar-refractivity contribution in [2.24, 2.45) is 5.84 Å². The second-order valence-electron chi connectivity index (χ2n) is 4.63. The van der Waals surface area contributed by atoms with Gasteiger partial charge in [-0.15, -0.1) is 0 Å².